The standard InChI is InChI=1S/C42H26O19/c43-23-15(16-20(30(50)35(23)55)31(51)37(57)36(56)24(16)44)19-28(48)25(45)17(26(46)29(19)49)13-9-5-1-3-7-11(9)14(12-8-4-2-6-10(12)13)18-27(47)32(52)21-22-33(53)38(58)39(59)40(60)42(22)61-41(21)34(18)54/h1-8,43-60H. The Kier molecular flexibility index (Phi) is 7.42. The third-order valence-corrected chi connectivity index (χ3v) is 10.8. The van der Waals surface area contributed by atoms with Gasteiger partial charge in [-0.15, -0.1) is 0 Å². The minimum atomic E-state index is -1.44. The third kappa shape index (κ3) is 4.44. The fourth-order valence-corrected chi connectivity index (χ4v) is 8.09. The quantitative estimate of drug-likeness (QED) is 0.0497. The zero-order valence-electron chi connectivity index (χ0n) is 30.1. The van der Waals surface area contributed by atoms with Crippen molar-refractivity contribution in [2.24, 2.45) is 0 Å². The molecule has 9 aromatic rings. The van der Waals surface area contributed by atoms with Crippen molar-refractivity contribution in [1.82, 2.24) is 0 Å². The third-order valence-electron chi connectivity index (χ3n) is 10.8. The molecular weight excluding hydrogens is 808 g/mol. The molecule has 0 aliphatic heterocycles. The number of rotatable bonds is 3. The largest absolute Gasteiger partial charge is 0.504 e. The van der Waals surface area contributed by atoms with E-state index in [1.807, 2.05) is 0 Å². The van der Waals surface area contributed by atoms with Crippen molar-refractivity contribution in [3.63, 3.8) is 0 Å². The van der Waals surface area contributed by atoms with Crippen molar-refractivity contribution in [2.75, 3.05) is 0 Å². The maximum atomic E-state index is 11.8. The Morgan fingerprint density at radius 3 is 0.902 bits per heavy atom. The maximum absolute atomic E-state index is 11.8. The van der Waals surface area contributed by atoms with Crippen molar-refractivity contribution in [1.29, 1.82) is 0 Å². The summed E-state index contributed by atoms with van der Waals surface area (Å²) in [7, 11) is 0. The molecule has 0 spiro atoms. The molecule has 0 unspecified atom stereocenters. The van der Waals surface area contributed by atoms with Gasteiger partial charge in [0.25, 0.3) is 0 Å². The first-order valence-electron chi connectivity index (χ1n) is 17.3. The minimum Gasteiger partial charge on any atom is -0.504 e. The highest BCUT2D eigenvalue weighted by Gasteiger charge is 2.37. The van der Waals surface area contributed by atoms with Crippen LogP contribution in [0.4, 0.5) is 0 Å². The molecule has 0 aliphatic carbocycles. The van der Waals surface area contributed by atoms with Crippen LogP contribution in [0.25, 0.3) is 87.6 Å². The molecule has 18 N–H and O–H groups in total. The van der Waals surface area contributed by atoms with Crippen molar-refractivity contribution in [2.45, 2.75) is 0 Å². The van der Waals surface area contributed by atoms with Crippen molar-refractivity contribution >= 4 is 54.3 Å². The van der Waals surface area contributed by atoms with E-state index in [1.54, 1.807) is 0 Å². The molecule has 0 aliphatic rings. The summed E-state index contributed by atoms with van der Waals surface area (Å²) < 4.78 is 5.60. The number of furan rings is 1. The topological polar surface area (TPSA) is 377 Å². The van der Waals surface area contributed by atoms with E-state index in [4.69, 9.17) is 4.42 Å². The number of phenolic OH excluding ortho intramolecular Hbond substituents is 18. The van der Waals surface area contributed by atoms with Gasteiger partial charge < -0.3 is 96.3 Å². The van der Waals surface area contributed by atoms with Gasteiger partial charge in [0.15, 0.2) is 80.2 Å². The fourth-order valence-electron chi connectivity index (χ4n) is 8.09. The first-order valence-corrected chi connectivity index (χ1v) is 17.3. The molecule has 0 fully saturated rings. The van der Waals surface area contributed by atoms with Crippen LogP contribution in [-0.2, 0) is 0 Å². The lowest BCUT2D eigenvalue weighted by atomic mass is 9.83. The number of aromatic hydroxyl groups is 18. The van der Waals surface area contributed by atoms with Crippen LogP contribution in [-0.4, -0.2) is 91.9 Å². The first kappa shape index (κ1) is 37.3. The van der Waals surface area contributed by atoms with E-state index < -0.39 is 158 Å². The molecule has 8 aromatic carbocycles. The lowest BCUT2D eigenvalue weighted by molar-refractivity contribution is 0.346. The summed E-state index contributed by atoms with van der Waals surface area (Å²) in [5.41, 5.74) is -4.98. The van der Waals surface area contributed by atoms with Gasteiger partial charge in [0, 0.05) is 22.1 Å². The molecule has 0 radical (unpaired) electrons. The average molecular weight is 835 g/mol. The molecule has 9 rings (SSSR count). The van der Waals surface area contributed by atoms with Gasteiger partial charge in [-0.3, -0.25) is 0 Å². The van der Waals surface area contributed by atoms with Gasteiger partial charge in [0.1, 0.15) is 0 Å². The lowest BCUT2D eigenvalue weighted by Gasteiger charge is -2.22. The molecule has 19 heteroatoms. The molecule has 0 atom stereocenters. The lowest BCUT2D eigenvalue weighted by Crippen LogP contribution is -1.95. The van der Waals surface area contributed by atoms with Gasteiger partial charge in [0.2, 0.25) is 34.5 Å². The van der Waals surface area contributed by atoms with Crippen molar-refractivity contribution in [3.05, 3.63) is 48.5 Å². The highest BCUT2D eigenvalue weighted by atomic mass is 16.4. The van der Waals surface area contributed by atoms with Gasteiger partial charge in [0.05, 0.1) is 32.8 Å². The summed E-state index contributed by atoms with van der Waals surface area (Å²) in [6.45, 7) is 0. The van der Waals surface area contributed by atoms with Crippen LogP contribution in [0.15, 0.2) is 52.9 Å². The Morgan fingerprint density at radius 1 is 0.213 bits per heavy atom. The van der Waals surface area contributed by atoms with E-state index in [9.17, 15) is 91.9 Å². The number of benzene rings is 8. The van der Waals surface area contributed by atoms with Crippen LogP contribution in [0.5, 0.6) is 103 Å². The second-order valence-electron chi connectivity index (χ2n) is 13.9. The Labute approximate surface area is 335 Å². The SMILES string of the molecule is Oc1c(O)c(-c2c(O)c(O)c(O)c3c(O)c(O)c(O)c(O)c23)c(O)c(O)c1-c1c2ccccc2c(-c2c(O)c(O)c3c(oc4c(O)c(O)c(O)c(O)c43)c2O)c2ccccc12. The van der Waals surface area contributed by atoms with Crippen LogP contribution in [0, 0.1) is 0 Å². The van der Waals surface area contributed by atoms with Crippen LogP contribution >= 0.6 is 0 Å². The summed E-state index contributed by atoms with van der Waals surface area (Å²) in [4.78, 5) is 0. The summed E-state index contributed by atoms with van der Waals surface area (Å²) in [5, 5.41) is 194. The summed E-state index contributed by atoms with van der Waals surface area (Å²) in [6.07, 6.45) is 0. The second-order valence-corrected chi connectivity index (χ2v) is 13.9. The Bertz CT molecular complexity index is 3420. The molecular formula is C42H26O19. The van der Waals surface area contributed by atoms with E-state index in [0.29, 0.717) is 0 Å². The van der Waals surface area contributed by atoms with Crippen LogP contribution < -0.4 is 0 Å². The summed E-state index contributed by atoms with van der Waals surface area (Å²) >= 11 is 0. The number of phenols is 18. The molecule has 0 saturated heterocycles. The average Bonchev–Trinajstić information content (AvgIpc) is 3.66. The van der Waals surface area contributed by atoms with Crippen LogP contribution in [0.2, 0.25) is 0 Å². The zero-order valence-corrected chi connectivity index (χ0v) is 30.1. The first-order chi connectivity index (χ1) is 28.8. The highest BCUT2D eigenvalue weighted by molar-refractivity contribution is 6.26. The van der Waals surface area contributed by atoms with E-state index in [1.165, 1.54) is 48.5 Å². The highest BCUT2D eigenvalue weighted by Crippen LogP contribution is 2.66. The molecule has 1 aromatic heterocycles. The predicted molar refractivity (Wildman–Crippen MR) is 213 cm³/mol. The van der Waals surface area contributed by atoms with Crippen LogP contribution in [0.1, 0.15) is 0 Å². The van der Waals surface area contributed by atoms with Crippen LogP contribution in [0.3, 0.4) is 0 Å². The van der Waals surface area contributed by atoms with E-state index in [-0.39, 0.29) is 32.7 Å². The Hall–Kier alpha value is -9.26. The number of hydrogen-bond acceptors (Lipinski definition) is 19. The smallest absolute Gasteiger partial charge is 0.208 e. The number of fused-ring (bicyclic) bond motifs is 6. The molecule has 61 heavy (non-hydrogen) atoms. The maximum Gasteiger partial charge on any atom is 0.208 e. The van der Waals surface area contributed by atoms with Gasteiger partial charge in [-0.25, -0.2) is 0 Å². The van der Waals surface area contributed by atoms with Gasteiger partial charge in [-0.1, -0.05) is 48.5 Å². The van der Waals surface area contributed by atoms with E-state index in [0.717, 1.165) is 0 Å². The van der Waals surface area contributed by atoms with Gasteiger partial charge >= 0.3 is 0 Å². The molecule has 308 valence electrons. The Morgan fingerprint density at radius 2 is 0.475 bits per heavy atom. The van der Waals surface area contributed by atoms with Crippen molar-refractivity contribution in [3.8, 4) is 137 Å². The normalized spacial score (nSPS) is 11.8. The van der Waals surface area contributed by atoms with Gasteiger partial charge in [-0.2, -0.15) is 0 Å². The molecule has 0 bridgehead atoms. The predicted octanol–water partition coefficient (Wildman–Crippen LogP) is 6.75. The minimum absolute atomic E-state index is 0.0417. The summed E-state index contributed by atoms with van der Waals surface area (Å²) in [5.74, 6) is -22.5. The number of hydrogen-bond donors (Lipinski definition) is 18. The zero-order chi connectivity index (χ0) is 44.0. The van der Waals surface area contributed by atoms with Crippen molar-refractivity contribution < 1.29 is 96.3 Å². The molecule has 1 heterocycles. The molecule has 0 amide bonds. The van der Waals surface area contributed by atoms with E-state index >= 15 is 0 Å². The van der Waals surface area contributed by atoms with E-state index in [2.05, 4.69) is 0 Å². The fraction of sp³-hybridized carbons (Fsp3) is 0. The Balaban J connectivity index is 1.40. The summed E-state index contributed by atoms with van der Waals surface area (Å²) in [6, 6.07) is 11.7. The van der Waals surface area contributed by atoms with Gasteiger partial charge in [-0.05, 0) is 21.5 Å². The second kappa shape index (κ2) is 12.1. The molecule has 0 saturated carbocycles. The monoisotopic (exact) mass is 834 g/mol. The molecule has 19 nitrogen and oxygen atoms in total.